The van der Waals surface area contributed by atoms with Crippen LogP contribution < -0.4 is 5.32 Å². The van der Waals surface area contributed by atoms with Gasteiger partial charge >= 0.3 is 0 Å². The zero-order chi connectivity index (χ0) is 12.9. The summed E-state index contributed by atoms with van der Waals surface area (Å²) in [7, 11) is 0. The van der Waals surface area contributed by atoms with Crippen LogP contribution >= 0.6 is 11.3 Å². The summed E-state index contributed by atoms with van der Waals surface area (Å²) < 4.78 is 0. The molecule has 0 aliphatic carbocycles. The number of aromatic nitrogens is 2. The first-order valence-corrected chi connectivity index (χ1v) is 7.59. The molecule has 0 aromatic carbocycles. The van der Waals surface area contributed by atoms with Crippen LogP contribution in [0.4, 0.5) is 0 Å². The molecule has 0 bridgehead atoms. The van der Waals surface area contributed by atoms with Crippen molar-refractivity contribution in [1.82, 2.24) is 20.2 Å². The van der Waals surface area contributed by atoms with Gasteiger partial charge in [0.2, 0.25) is 0 Å². The molecule has 4 nitrogen and oxygen atoms in total. The lowest BCUT2D eigenvalue weighted by Crippen LogP contribution is -2.27. The van der Waals surface area contributed by atoms with Gasteiger partial charge in [-0.2, -0.15) is 0 Å². The van der Waals surface area contributed by atoms with Crippen molar-refractivity contribution in [1.29, 1.82) is 0 Å². The van der Waals surface area contributed by atoms with Gasteiger partial charge in [0, 0.05) is 31.2 Å². The molecule has 0 atom stereocenters. The Morgan fingerprint density at radius 3 is 3.16 bits per heavy atom. The largest absolute Gasteiger partial charge is 0.315 e. The molecular formula is C14H18N4S. The third kappa shape index (κ3) is 3.37. The van der Waals surface area contributed by atoms with Crippen LogP contribution in [-0.4, -0.2) is 41.0 Å². The van der Waals surface area contributed by atoms with Gasteiger partial charge in [-0.3, -0.25) is 9.88 Å². The summed E-state index contributed by atoms with van der Waals surface area (Å²) in [4.78, 5) is 11.5. The third-order valence-electron chi connectivity index (χ3n) is 3.25. The van der Waals surface area contributed by atoms with E-state index in [1.165, 1.54) is 6.42 Å². The van der Waals surface area contributed by atoms with Crippen LogP contribution in [0.5, 0.6) is 0 Å². The highest BCUT2D eigenvalue weighted by molar-refractivity contribution is 7.13. The zero-order valence-corrected chi connectivity index (χ0v) is 11.7. The number of hydrogen-bond acceptors (Lipinski definition) is 5. The van der Waals surface area contributed by atoms with Gasteiger partial charge in [0.25, 0.3) is 0 Å². The molecule has 0 amide bonds. The fourth-order valence-corrected chi connectivity index (χ4v) is 3.06. The lowest BCUT2D eigenvalue weighted by molar-refractivity contribution is 0.281. The van der Waals surface area contributed by atoms with Crippen molar-refractivity contribution in [2.75, 3.05) is 26.2 Å². The number of rotatable bonds is 3. The van der Waals surface area contributed by atoms with Gasteiger partial charge < -0.3 is 5.32 Å². The summed E-state index contributed by atoms with van der Waals surface area (Å²) in [6, 6.07) is 5.95. The minimum Gasteiger partial charge on any atom is -0.315 e. The second-order valence-electron chi connectivity index (χ2n) is 4.74. The van der Waals surface area contributed by atoms with Gasteiger partial charge in [-0.05, 0) is 31.6 Å². The van der Waals surface area contributed by atoms with Gasteiger partial charge in [-0.15, -0.1) is 11.3 Å². The summed E-state index contributed by atoms with van der Waals surface area (Å²) in [6.45, 7) is 5.43. The first-order chi connectivity index (χ1) is 9.42. The quantitative estimate of drug-likeness (QED) is 0.929. The van der Waals surface area contributed by atoms with Crippen molar-refractivity contribution >= 4 is 11.3 Å². The maximum absolute atomic E-state index is 4.70. The number of nitrogens with zero attached hydrogens (tertiary/aromatic N) is 3. The van der Waals surface area contributed by atoms with Gasteiger partial charge in [0.1, 0.15) is 5.01 Å². The lowest BCUT2D eigenvalue weighted by atomic mass is 10.3. The Kier molecular flexibility index (Phi) is 4.17. The smallest absolute Gasteiger partial charge is 0.142 e. The maximum Gasteiger partial charge on any atom is 0.142 e. The Morgan fingerprint density at radius 2 is 2.26 bits per heavy atom. The van der Waals surface area contributed by atoms with Crippen LogP contribution in [0.15, 0.2) is 29.8 Å². The van der Waals surface area contributed by atoms with Crippen LogP contribution in [0.3, 0.4) is 0 Å². The van der Waals surface area contributed by atoms with E-state index in [4.69, 9.17) is 4.98 Å². The van der Waals surface area contributed by atoms with Gasteiger partial charge in [0.05, 0.1) is 11.4 Å². The normalized spacial score (nSPS) is 17.3. The molecule has 0 spiro atoms. The molecule has 1 N–H and O–H groups in total. The Morgan fingerprint density at radius 1 is 1.26 bits per heavy atom. The summed E-state index contributed by atoms with van der Waals surface area (Å²) in [5.41, 5.74) is 2.13. The molecule has 3 rings (SSSR count). The Hall–Kier alpha value is -1.30. The molecular weight excluding hydrogens is 256 g/mol. The molecule has 3 heterocycles. The predicted octanol–water partition coefficient (Wildman–Crippen LogP) is 2.00. The first kappa shape index (κ1) is 12.7. The molecule has 5 heteroatoms. The van der Waals surface area contributed by atoms with Crippen molar-refractivity contribution in [2.45, 2.75) is 13.0 Å². The predicted molar refractivity (Wildman–Crippen MR) is 78.1 cm³/mol. The minimum atomic E-state index is 0.949. The van der Waals surface area contributed by atoms with E-state index in [1.807, 2.05) is 24.4 Å². The fraction of sp³-hybridized carbons (Fsp3) is 0.429. The lowest BCUT2D eigenvalue weighted by Gasteiger charge is -2.17. The van der Waals surface area contributed by atoms with Crippen LogP contribution in [0.2, 0.25) is 0 Å². The second-order valence-corrected chi connectivity index (χ2v) is 5.60. The van der Waals surface area contributed by atoms with Crippen LogP contribution in [0.1, 0.15) is 12.1 Å². The zero-order valence-electron chi connectivity index (χ0n) is 10.9. The number of pyridine rings is 1. The van der Waals surface area contributed by atoms with E-state index < -0.39 is 0 Å². The fourth-order valence-electron chi connectivity index (χ4n) is 2.28. The van der Waals surface area contributed by atoms with E-state index in [0.717, 1.165) is 49.1 Å². The van der Waals surface area contributed by atoms with Crippen LogP contribution in [0, 0.1) is 0 Å². The molecule has 100 valence electrons. The third-order valence-corrected chi connectivity index (χ3v) is 4.17. The second kappa shape index (κ2) is 6.23. The topological polar surface area (TPSA) is 41.1 Å². The minimum absolute atomic E-state index is 0.949. The molecule has 19 heavy (non-hydrogen) atoms. The van der Waals surface area contributed by atoms with E-state index in [1.54, 1.807) is 11.3 Å². The summed E-state index contributed by atoms with van der Waals surface area (Å²) in [5, 5.41) is 6.60. The van der Waals surface area contributed by atoms with E-state index in [0.29, 0.717) is 0 Å². The average Bonchev–Trinajstić information content (AvgIpc) is 2.76. The number of hydrogen-bond donors (Lipinski definition) is 1. The Bertz CT molecular complexity index is 503. The van der Waals surface area contributed by atoms with Gasteiger partial charge in [0.15, 0.2) is 0 Å². The van der Waals surface area contributed by atoms with E-state index in [2.05, 4.69) is 20.6 Å². The van der Waals surface area contributed by atoms with Crippen molar-refractivity contribution < 1.29 is 0 Å². The first-order valence-electron chi connectivity index (χ1n) is 6.71. The highest BCUT2D eigenvalue weighted by Gasteiger charge is 2.12. The van der Waals surface area contributed by atoms with Gasteiger partial charge in [-0.1, -0.05) is 6.07 Å². The van der Waals surface area contributed by atoms with Crippen molar-refractivity contribution in [3.63, 3.8) is 0 Å². The SMILES string of the molecule is c1ccc(-c2nc(CN3CCCNCC3)cs2)nc1. The Balaban J connectivity index is 1.68. The molecule has 1 aliphatic heterocycles. The summed E-state index contributed by atoms with van der Waals surface area (Å²) >= 11 is 1.68. The molecule has 1 aliphatic rings. The van der Waals surface area contributed by atoms with E-state index >= 15 is 0 Å². The number of thiazole rings is 1. The molecule has 1 saturated heterocycles. The standard InChI is InChI=1S/C14H18N4S/c1-2-6-16-13(4-1)14-17-12(11-19-14)10-18-8-3-5-15-7-9-18/h1-2,4,6,11,15H,3,5,7-10H2. The Labute approximate surface area is 117 Å². The molecule has 2 aromatic rings. The number of nitrogens with one attached hydrogen (secondary N) is 1. The maximum atomic E-state index is 4.70. The van der Waals surface area contributed by atoms with E-state index in [-0.39, 0.29) is 0 Å². The molecule has 0 radical (unpaired) electrons. The molecule has 1 fully saturated rings. The van der Waals surface area contributed by atoms with Crippen LogP contribution in [-0.2, 0) is 6.54 Å². The summed E-state index contributed by atoms with van der Waals surface area (Å²) in [6.07, 6.45) is 3.04. The molecule has 0 unspecified atom stereocenters. The summed E-state index contributed by atoms with van der Waals surface area (Å²) in [5.74, 6) is 0. The molecule has 2 aromatic heterocycles. The van der Waals surface area contributed by atoms with E-state index in [9.17, 15) is 0 Å². The van der Waals surface area contributed by atoms with Crippen LogP contribution in [0.25, 0.3) is 10.7 Å². The van der Waals surface area contributed by atoms with Crippen molar-refractivity contribution in [3.05, 3.63) is 35.5 Å². The highest BCUT2D eigenvalue weighted by atomic mass is 32.1. The van der Waals surface area contributed by atoms with Crippen molar-refractivity contribution in [2.24, 2.45) is 0 Å². The van der Waals surface area contributed by atoms with Crippen molar-refractivity contribution in [3.8, 4) is 10.7 Å². The monoisotopic (exact) mass is 274 g/mol. The highest BCUT2D eigenvalue weighted by Crippen LogP contribution is 2.22. The average molecular weight is 274 g/mol. The van der Waals surface area contributed by atoms with Gasteiger partial charge in [-0.25, -0.2) is 4.98 Å². The molecule has 0 saturated carbocycles.